The molecule has 3 atom stereocenters. The Hall–Kier alpha value is -3.19. The van der Waals surface area contributed by atoms with Crippen LogP contribution in [0.25, 0.3) is 22.4 Å². The minimum atomic E-state index is -4.41. The molecule has 1 aliphatic carbocycles. The van der Waals surface area contributed by atoms with Crippen molar-refractivity contribution in [3.05, 3.63) is 29.3 Å². The van der Waals surface area contributed by atoms with Crippen molar-refractivity contribution >= 4 is 34.8 Å². The number of hydrogen-bond acceptors (Lipinski definition) is 8. The van der Waals surface area contributed by atoms with E-state index in [0.717, 1.165) is 25.7 Å². The third kappa shape index (κ3) is 4.93. The highest BCUT2D eigenvalue weighted by Gasteiger charge is 2.48. The number of fused-ring (bicyclic) bond motifs is 1. The van der Waals surface area contributed by atoms with Crippen LogP contribution in [0.2, 0.25) is 5.02 Å². The molecule has 3 aromatic heterocycles. The topological polar surface area (TPSA) is 110 Å². The number of pyridine rings is 1. The smallest absolute Gasteiger partial charge is 0.351 e. The molecule has 5 heterocycles. The summed E-state index contributed by atoms with van der Waals surface area (Å²) in [4.78, 5) is 36.3. The number of aromatic nitrogens is 5. The second-order valence-corrected chi connectivity index (χ2v) is 11.5. The molecule has 1 saturated carbocycles. The predicted molar refractivity (Wildman–Crippen MR) is 141 cm³/mol. The number of anilines is 1. The Balaban J connectivity index is 1.59. The maximum Gasteiger partial charge on any atom is 0.427 e. The van der Waals surface area contributed by atoms with Crippen LogP contribution in [0, 0.1) is 11.8 Å². The second-order valence-electron chi connectivity index (χ2n) is 11.0. The lowest BCUT2D eigenvalue weighted by Gasteiger charge is -2.35. The summed E-state index contributed by atoms with van der Waals surface area (Å²) in [6.07, 6.45) is 1.55. The Bertz CT molecular complexity index is 1420. The van der Waals surface area contributed by atoms with Gasteiger partial charge in [0.25, 0.3) is 0 Å². The van der Waals surface area contributed by atoms with Gasteiger partial charge in [0, 0.05) is 30.5 Å². The lowest BCUT2D eigenvalue weighted by Crippen LogP contribution is -2.43. The first-order valence-electron chi connectivity index (χ1n) is 13.6. The molecule has 1 amide bonds. The zero-order valence-corrected chi connectivity index (χ0v) is 22.8. The van der Waals surface area contributed by atoms with Crippen molar-refractivity contribution in [3.63, 3.8) is 0 Å². The summed E-state index contributed by atoms with van der Waals surface area (Å²) < 4.78 is 44.5. The van der Waals surface area contributed by atoms with Crippen molar-refractivity contribution in [2.75, 3.05) is 11.4 Å². The van der Waals surface area contributed by atoms with E-state index in [0.29, 0.717) is 34.1 Å². The Morgan fingerprint density at radius 3 is 2.58 bits per heavy atom. The van der Waals surface area contributed by atoms with Crippen LogP contribution in [-0.4, -0.2) is 49.4 Å². The molecule has 10 nitrogen and oxygen atoms in total. The molecular formula is C26H30ClF3N8O2. The number of nitrogens with one attached hydrogen (secondary N) is 2. The van der Waals surface area contributed by atoms with Crippen LogP contribution in [-0.2, 0) is 4.84 Å². The standard InChI is InChI=1S/C26H30ClF3N8O2/c1-13-5-7-15(8-6-13)14(2)38-20-19(16-10-17(27)12-31-11-16)32-22(23-35-25(39)40-36-23)33-21(20)34-24(38)37-9-3-4-18(37)26(28,29)30/h10-15,18,23,36H,3-9H2,1-2H3,(H,35,39)/t13?,14?,15?,18-,23?/m0/s1. The summed E-state index contributed by atoms with van der Waals surface area (Å²) in [6.45, 7) is 4.50. The maximum absolute atomic E-state index is 14.2. The van der Waals surface area contributed by atoms with Gasteiger partial charge in [0.05, 0.1) is 5.02 Å². The molecule has 3 aliphatic rings. The third-order valence-electron chi connectivity index (χ3n) is 8.35. The zero-order chi connectivity index (χ0) is 28.2. The maximum atomic E-state index is 14.2. The van der Waals surface area contributed by atoms with Crippen LogP contribution in [0.3, 0.4) is 0 Å². The minimum absolute atomic E-state index is 0.000602. The summed E-state index contributed by atoms with van der Waals surface area (Å²) in [7, 11) is 0. The van der Waals surface area contributed by atoms with Crippen LogP contribution >= 0.6 is 11.6 Å². The number of alkyl halides is 3. The summed E-state index contributed by atoms with van der Waals surface area (Å²) in [5, 5.41) is 2.95. The average molecular weight is 579 g/mol. The Morgan fingerprint density at radius 1 is 1.12 bits per heavy atom. The SMILES string of the molecule is CC1CCC(C(C)n2c(N3CCC[C@H]3C(F)(F)F)nc3nc(C4NOC(=O)N4)nc(-c4cncc(Cl)c4)c32)CC1. The van der Waals surface area contributed by atoms with E-state index >= 15 is 0 Å². The molecule has 0 spiro atoms. The molecule has 40 heavy (non-hydrogen) atoms. The minimum Gasteiger partial charge on any atom is -0.351 e. The summed E-state index contributed by atoms with van der Waals surface area (Å²) >= 11 is 6.30. The van der Waals surface area contributed by atoms with Gasteiger partial charge < -0.3 is 14.3 Å². The van der Waals surface area contributed by atoms with Crippen LogP contribution in [0.1, 0.15) is 70.4 Å². The van der Waals surface area contributed by atoms with Gasteiger partial charge in [0.1, 0.15) is 17.3 Å². The third-order valence-corrected chi connectivity index (χ3v) is 8.56. The van der Waals surface area contributed by atoms with Crippen LogP contribution in [0.4, 0.5) is 23.9 Å². The van der Waals surface area contributed by atoms with E-state index in [2.05, 4.69) is 27.7 Å². The van der Waals surface area contributed by atoms with Crippen molar-refractivity contribution in [1.82, 2.24) is 35.3 Å². The number of hydroxylamine groups is 1. The Morgan fingerprint density at radius 2 is 1.90 bits per heavy atom. The van der Waals surface area contributed by atoms with E-state index in [1.807, 2.05) is 11.5 Å². The fourth-order valence-corrected chi connectivity index (χ4v) is 6.37. The zero-order valence-electron chi connectivity index (χ0n) is 22.1. The fraction of sp³-hybridized carbons (Fsp3) is 0.577. The molecule has 214 valence electrons. The largest absolute Gasteiger partial charge is 0.427 e. The summed E-state index contributed by atoms with van der Waals surface area (Å²) in [6, 6.07) is -0.125. The van der Waals surface area contributed by atoms with Gasteiger partial charge in [0.2, 0.25) is 5.95 Å². The highest BCUT2D eigenvalue weighted by Crippen LogP contribution is 2.43. The van der Waals surface area contributed by atoms with E-state index in [1.165, 1.54) is 11.1 Å². The molecule has 0 radical (unpaired) electrons. The van der Waals surface area contributed by atoms with E-state index in [-0.39, 0.29) is 42.3 Å². The van der Waals surface area contributed by atoms with Crippen LogP contribution in [0.5, 0.6) is 0 Å². The van der Waals surface area contributed by atoms with Gasteiger partial charge in [0.15, 0.2) is 17.6 Å². The number of carbonyl (C=O) groups is 1. The molecular weight excluding hydrogens is 549 g/mol. The van der Waals surface area contributed by atoms with Crippen molar-refractivity contribution < 1.29 is 22.8 Å². The Labute approximate surface area is 233 Å². The van der Waals surface area contributed by atoms with E-state index in [9.17, 15) is 18.0 Å². The molecule has 3 fully saturated rings. The number of halogens is 4. The number of rotatable bonds is 5. The van der Waals surface area contributed by atoms with Crippen molar-refractivity contribution in [1.29, 1.82) is 0 Å². The lowest BCUT2D eigenvalue weighted by atomic mass is 9.79. The number of carbonyl (C=O) groups excluding carboxylic acids is 1. The van der Waals surface area contributed by atoms with Crippen molar-refractivity contribution in [3.8, 4) is 11.3 Å². The van der Waals surface area contributed by atoms with Gasteiger partial charge >= 0.3 is 12.3 Å². The molecule has 2 unspecified atom stereocenters. The summed E-state index contributed by atoms with van der Waals surface area (Å²) in [5.41, 5.74) is 4.23. The number of hydrogen-bond donors (Lipinski definition) is 2. The molecule has 0 aromatic carbocycles. The monoisotopic (exact) mass is 578 g/mol. The lowest BCUT2D eigenvalue weighted by molar-refractivity contribution is -0.146. The van der Waals surface area contributed by atoms with Crippen molar-refractivity contribution in [2.24, 2.45) is 11.8 Å². The second kappa shape index (κ2) is 10.3. The van der Waals surface area contributed by atoms with Gasteiger partial charge in [-0.25, -0.2) is 14.8 Å². The first kappa shape index (κ1) is 27.0. The van der Waals surface area contributed by atoms with E-state index in [4.69, 9.17) is 26.4 Å². The fourth-order valence-electron chi connectivity index (χ4n) is 6.20. The quantitative estimate of drug-likeness (QED) is 0.396. The van der Waals surface area contributed by atoms with Gasteiger partial charge in [-0.3, -0.25) is 10.3 Å². The molecule has 2 N–H and O–H groups in total. The van der Waals surface area contributed by atoms with Gasteiger partial charge in [-0.1, -0.05) is 31.4 Å². The van der Waals surface area contributed by atoms with Gasteiger partial charge in [-0.15, -0.1) is 5.48 Å². The predicted octanol–water partition coefficient (Wildman–Crippen LogP) is 5.70. The highest BCUT2D eigenvalue weighted by atomic mass is 35.5. The number of nitrogens with zero attached hydrogens (tertiary/aromatic N) is 6. The Kier molecular flexibility index (Phi) is 6.97. The molecule has 6 rings (SSSR count). The van der Waals surface area contributed by atoms with Gasteiger partial charge in [-0.2, -0.15) is 18.2 Å². The molecule has 3 aromatic rings. The van der Waals surface area contributed by atoms with Crippen LogP contribution in [0.15, 0.2) is 18.5 Å². The summed E-state index contributed by atoms with van der Waals surface area (Å²) in [5.74, 6) is 1.24. The van der Waals surface area contributed by atoms with E-state index < -0.39 is 24.5 Å². The number of imidazole rings is 1. The number of amides is 1. The van der Waals surface area contributed by atoms with Crippen molar-refractivity contribution in [2.45, 2.75) is 76.8 Å². The van der Waals surface area contributed by atoms with E-state index in [1.54, 1.807) is 12.3 Å². The van der Waals surface area contributed by atoms with Gasteiger partial charge in [-0.05, 0) is 50.5 Å². The molecule has 2 saturated heterocycles. The molecule has 0 bridgehead atoms. The normalized spacial score (nSPS) is 26.2. The van der Waals surface area contributed by atoms with Crippen LogP contribution < -0.4 is 15.7 Å². The molecule has 2 aliphatic heterocycles. The first-order chi connectivity index (χ1) is 19.1. The average Bonchev–Trinajstić information content (AvgIpc) is 3.66. The highest BCUT2D eigenvalue weighted by molar-refractivity contribution is 6.30. The molecule has 14 heteroatoms. The first-order valence-corrected chi connectivity index (χ1v) is 13.9.